The van der Waals surface area contributed by atoms with Crippen molar-refractivity contribution in [2.75, 3.05) is 6.79 Å². The molecule has 4 unspecified atom stereocenters. The number of carbonyl (C=O) groups excluding carboxylic acids is 2. The number of primary amides is 1. The standard InChI is InChI=1S/C17H17N3O4S/c1-9-14(21)20-13(10-3-4-11-12(5-10)24-8-23-11)16(2,7-18)6-17(20,25-9)15(19)22/h3-5,9,13H,6,8H2,1-2H3,(H2,19,22). The van der Waals surface area contributed by atoms with E-state index in [4.69, 9.17) is 15.2 Å². The molecule has 1 aromatic rings. The first-order chi connectivity index (χ1) is 11.8. The highest BCUT2D eigenvalue weighted by Gasteiger charge is 2.68. The lowest BCUT2D eigenvalue weighted by Crippen LogP contribution is -2.49. The highest BCUT2D eigenvalue weighted by molar-refractivity contribution is 8.03. The molecule has 3 heterocycles. The van der Waals surface area contributed by atoms with E-state index in [0.717, 1.165) is 5.56 Å². The zero-order chi connectivity index (χ0) is 18.0. The fourth-order valence-corrected chi connectivity index (χ4v) is 5.69. The van der Waals surface area contributed by atoms with Gasteiger partial charge >= 0.3 is 0 Å². The van der Waals surface area contributed by atoms with Crippen LogP contribution in [-0.2, 0) is 9.59 Å². The number of hydrogen-bond donors (Lipinski definition) is 1. The minimum atomic E-state index is -1.19. The molecule has 2 N–H and O–H groups in total. The Balaban J connectivity index is 1.88. The van der Waals surface area contributed by atoms with Crippen molar-refractivity contribution in [1.82, 2.24) is 4.90 Å². The van der Waals surface area contributed by atoms with Crippen LogP contribution < -0.4 is 15.2 Å². The normalized spacial score (nSPS) is 35.6. The van der Waals surface area contributed by atoms with Gasteiger partial charge in [0.2, 0.25) is 12.7 Å². The second-order valence-corrected chi connectivity index (χ2v) is 8.46. The summed E-state index contributed by atoms with van der Waals surface area (Å²) in [5.74, 6) is 0.434. The zero-order valence-electron chi connectivity index (χ0n) is 13.8. The Morgan fingerprint density at radius 3 is 2.84 bits per heavy atom. The number of carbonyl (C=O) groups is 2. The van der Waals surface area contributed by atoms with E-state index < -0.39 is 22.2 Å². The van der Waals surface area contributed by atoms with Gasteiger partial charge in [0.1, 0.15) is 0 Å². The molecule has 1 aromatic carbocycles. The van der Waals surface area contributed by atoms with Gasteiger partial charge in [-0.05, 0) is 31.5 Å². The van der Waals surface area contributed by atoms with Gasteiger partial charge in [0, 0.05) is 6.42 Å². The van der Waals surface area contributed by atoms with Crippen LogP contribution in [0.15, 0.2) is 18.2 Å². The van der Waals surface area contributed by atoms with E-state index >= 15 is 0 Å². The average molecular weight is 359 g/mol. The lowest BCUT2D eigenvalue weighted by atomic mass is 9.79. The van der Waals surface area contributed by atoms with Crippen LogP contribution >= 0.6 is 11.8 Å². The minimum absolute atomic E-state index is 0.139. The van der Waals surface area contributed by atoms with Gasteiger partial charge < -0.3 is 20.1 Å². The van der Waals surface area contributed by atoms with Crippen molar-refractivity contribution in [2.24, 2.45) is 11.1 Å². The fraction of sp³-hybridized carbons (Fsp3) is 0.471. The maximum atomic E-state index is 12.8. The number of nitrogens with two attached hydrogens (primary N) is 1. The lowest BCUT2D eigenvalue weighted by Gasteiger charge is -2.32. The van der Waals surface area contributed by atoms with Crippen molar-refractivity contribution in [1.29, 1.82) is 5.26 Å². The quantitative estimate of drug-likeness (QED) is 0.858. The van der Waals surface area contributed by atoms with Gasteiger partial charge in [0.05, 0.1) is 22.8 Å². The third-order valence-corrected chi connectivity index (χ3v) is 6.65. The molecule has 25 heavy (non-hydrogen) atoms. The third kappa shape index (κ3) is 1.99. The number of nitrogens with zero attached hydrogens (tertiary/aromatic N) is 2. The second kappa shape index (κ2) is 5.05. The van der Waals surface area contributed by atoms with Gasteiger partial charge in [0.15, 0.2) is 16.4 Å². The molecule has 7 nitrogen and oxygen atoms in total. The van der Waals surface area contributed by atoms with Crippen LogP contribution in [0.5, 0.6) is 11.5 Å². The lowest BCUT2D eigenvalue weighted by molar-refractivity contribution is -0.138. The molecule has 2 saturated heterocycles. The van der Waals surface area contributed by atoms with Gasteiger partial charge in [-0.3, -0.25) is 9.59 Å². The highest BCUT2D eigenvalue weighted by Crippen LogP contribution is 2.62. The molecule has 130 valence electrons. The summed E-state index contributed by atoms with van der Waals surface area (Å²) in [5, 5.41) is 9.47. The average Bonchev–Trinajstić information content (AvgIpc) is 3.20. The molecular formula is C17H17N3O4S. The van der Waals surface area contributed by atoms with Gasteiger partial charge in [-0.15, -0.1) is 11.8 Å². The molecule has 2 fully saturated rings. The summed E-state index contributed by atoms with van der Waals surface area (Å²) >= 11 is 1.24. The number of benzene rings is 1. The molecule has 0 spiro atoms. The fourth-order valence-electron chi connectivity index (χ4n) is 4.08. The predicted octanol–water partition coefficient (Wildman–Crippen LogP) is 1.54. The van der Waals surface area contributed by atoms with Gasteiger partial charge in [0.25, 0.3) is 5.91 Å². The number of rotatable bonds is 2. The van der Waals surface area contributed by atoms with Gasteiger partial charge in [-0.2, -0.15) is 5.26 Å². The summed E-state index contributed by atoms with van der Waals surface area (Å²) < 4.78 is 10.8. The largest absolute Gasteiger partial charge is 0.454 e. The summed E-state index contributed by atoms with van der Waals surface area (Å²) in [7, 11) is 0. The van der Waals surface area contributed by atoms with Crippen molar-refractivity contribution in [3.8, 4) is 17.6 Å². The molecular weight excluding hydrogens is 342 g/mol. The molecule has 4 rings (SSSR count). The summed E-state index contributed by atoms with van der Waals surface area (Å²) in [6.07, 6.45) is 0.200. The number of thioether (sulfide) groups is 1. The molecule has 0 bridgehead atoms. The molecule has 2 amide bonds. The van der Waals surface area contributed by atoms with Crippen molar-refractivity contribution in [3.63, 3.8) is 0 Å². The zero-order valence-corrected chi connectivity index (χ0v) is 14.6. The molecule has 8 heteroatoms. The Labute approximate surface area is 149 Å². The van der Waals surface area contributed by atoms with Crippen molar-refractivity contribution >= 4 is 23.6 Å². The number of amides is 2. The predicted molar refractivity (Wildman–Crippen MR) is 89.5 cm³/mol. The Kier molecular flexibility index (Phi) is 3.25. The number of nitriles is 1. The van der Waals surface area contributed by atoms with Crippen LogP contribution in [0.2, 0.25) is 0 Å². The maximum Gasteiger partial charge on any atom is 0.254 e. The summed E-state index contributed by atoms with van der Waals surface area (Å²) in [4.78, 5) is 25.5. The molecule has 0 saturated carbocycles. The van der Waals surface area contributed by atoms with E-state index in [2.05, 4.69) is 6.07 Å². The van der Waals surface area contributed by atoms with Crippen LogP contribution in [0.3, 0.4) is 0 Å². The van der Waals surface area contributed by atoms with Crippen LogP contribution in [0.4, 0.5) is 0 Å². The first-order valence-corrected chi connectivity index (χ1v) is 8.82. The smallest absolute Gasteiger partial charge is 0.254 e. The Morgan fingerprint density at radius 1 is 1.44 bits per heavy atom. The molecule has 0 aromatic heterocycles. The van der Waals surface area contributed by atoms with E-state index in [1.54, 1.807) is 26.0 Å². The number of fused-ring (bicyclic) bond motifs is 2. The topological polar surface area (TPSA) is 106 Å². The van der Waals surface area contributed by atoms with E-state index in [1.165, 1.54) is 16.7 Å². The first-order valence-electron chi connectivity index (χ1n) is 7.94. The Bertz CT molecular complexity index is 838. The van der Waals surface area contributed by atoms with Crippen LogP contribution in [0, 0.1) is 16.7 Å². The van der Waals surface area contributed by atoms with Crippen molar-refractivity contribution in [3.05, 3.63) is 23.8 Å². The van der Waals surface area contributed by atoms with E-state index in [9.17, 15) is 14.9 Å². The Morgan fingerprint density at radius 2 is 2.16 bits per heavy atom. The Hall–Kier alpha value is -2.40. The van der Waals surface area contributed by atoms with E-state index in [-0.39, 0.29) is 24.4 Å². The molecule has 0 aliphatic carbocycles. The third-order valence-electron chi connectivity index (χ3n) is 5.17. The summed E-state index contributed by atoms with van der Waals surface area (Å²) in [6.45, 7) is 3.67. The van der Waals surface area contributed by atoms with Gasteiger partial charge in [-0.25, -0.2) is 0 Å². The highest BCUT2D eigenvalue weighted by atomic mass is 32.2. The van der Waals surface area contributed by atoms with Crippen LogP contribution in [0.1, 0.15) is 31.9 Å². The summed E-state index contributed by atoms with van der Waals surface area (Å²) in [5.41, 5.74) is 5.49. The van der Waals surface area contributed by atoms with Crippen molar-refractivity contribution < 1.29 is 19.1 Å². The SMILES string of the molecule is CC1SC2(C(N)=O)CC(C)(C#N)C(c3ccc4c(c3)OCO4)N2C1=O. The maximum absolute atomic E-state index is 12.8. The number of ether oxygens (including phenoxy) is 2. The van der Waals surface area contributed by atoms with E-state index in [0.29, 0.717) is 11.5 Å². The molecule has 4 atom stereocenters. The first kappa shape index (κ1) is 16.1. The summed E-state index contributed by atoms with van der Waals surface area (Å²) in [6, 6.07) is 7.08. The molecule has 3 aliphatic rings. The second-order valence-electron chi connectivity index (χ2n) is 6.84. The minimum Gasteiger partial charge on any atom is -0.454 e. The van der Waals surface area contributed by atoms with Crippen molar-refractivity contribution in [2.45, 2.75) is 36.4 Å². The van der Waals surface area contributed by atoms with Crippen LogP contribution in [-0.4, -0.2) is 33.6 Å². The molecule has 3 aliphatic heterocycles. The van der Waals surface area contributed by atoms with E-state index in [1.807, 2.05) is 6.07 Å². The number of hydrogen-bond acceptors (Lipinski definition) is 6. The monoisotopic (exact) mass is 359 g/mol. The van der Waals surface area contributed by atoms with Crippen LogP contribution in [0.25, 0.3) is 0 Å². The van der Waals surface area contributed by atoms with Gasteiger partial charge in [-0.1, -0.05) is 6.07 Å². The molecule has 0 radical (unpaired) electrons.